The van der Waals surface area contributed by atoms with E-state index in [9.17, 15) is 18.9 Å². The minimum Gasteiger partial charge on any atom is -0.462 e. The number of hydrogen-bond acceptors (Lipinski definition) is 10. The molecular formula is C39H53O10P. The van der Waals surface area contributed by atoms with Crippen molar-refractivity contribution in [2.75, 3.05) is 13.2 Å². The number of ether oxygens (including phenoxy) is 2. The van der Waals surface area contributed by atoms with E-state index in [-0.39, 0.29) is 46.8 Å². The van der Waals surface area contributed by atoms with Gasteiger partial charge in [0.05, 0.1) is 30.8 Å². The molecule has 274 valence electrons. The van der Waals surface area contributed by atoms with Crippen LogP contribution in [0.4, 0.5) is 0 Å². The molecule has 3 rings (SSSR count). The van der Waals surface area contributed by atoms with E-state index >= 15 is 0 Å². The second-order valence-corrected chi connectivity index (χ2v) is 15.1. The van der Waals surface area contributed by atoms with Crippen molar-refractivity contribution in [3.8, 4) is 11.5 Å². The molecule has 0 saturated carbocycles. The van der Waals surface area contributed by atoms with E-state index in [4.69, 9.17) is 28.1 Å². The zero-order valence-corrected chi connectivity index (χ0v) is 31.9. The monoisotopic (exact) mass is 712 g/mol. The second-order valence-electron chi connectivity index (χ2n) is 13.7. The minimum absolute atomic E-state index is 0.0643. The third-order valence-electron chi connectivity index (χ3n) is 6.79. The Morgan fingerprint density at radius 2 is 0.940 bits per heavy atom. The molecule has 10 nitrogen and oxygen atoms in total. The summed E-state index contributed by atoms with van der Waals surface area (Å²) in [5.74, 6) is 0.175. The van der Waals surface area contributed by atoms with E-state index in [0.29, 0.717) is 25.0 Å². The van der Waals surface area contributed by atoms with Crippen LogP contribution in [-0.4, -0.2) is 31.1 Å². The summed E-state index contributed by atoms with van der Waals surface area (Å²) in [4.78, 5) is 40.6. The molecule has 11 heteroatoms. The molecule has 0 amide bonds. The van der Waals surface area contributed by atoms with Crippen molar-refractivity contribution in [2.24, 2.45) is 17.8 Å². The van der Waals surface area contributed by atoms with Crippen molar-refractivity contribution in [3.05, 3.63) is 95.1 Å². The summed E-state index contributed by atoms with van der Waals surface area (Å²) in [6, 6.07) is 20.7. The summed E-state index contributed by atoms with van der Waals surface area (Å²) in [6.45, 7) is 20.5. The van der Waals surface area contributed by atoms with Gasteiger partial charge in [-0.3, -0.25) is 4.89 Å². The predicted molar refractivity (Wildman–Crippen MR) is 193 cm³/mol. The van der Waals surface area contributed by atoms with Gasteiger partial charge in [-0.1, -0.05) is 110 Å². The Morgan fingerprint density at radius 1 is 0.560 bits per heavy atom. The molecule has 0 unspecified atom stereocenters. The predicted octanol–water partition coefficient (Wildman–Crippen LogP) is 10.3. The number of phosphoric ester groups is 1. The lowest BCUT2D eigenvalue weighted by atomic mass is 10.0. The number of rotatable bonds is 16. The van der Waals surface area contributed by atoms with E-state index in [1.165, 1.54) is 0 Å². The fourth-order valence-electron chi connectivity index (χ4n) is 4.07. The van der Waals surface area contributed by atoms with Gasteiger partial charge >= 0.3 is 25.7 Å². The normalized spacial score (nSPS) is 11.3. The maximum atomic E-state index is 13.2. The highest BCUT2D eigenvalue weighted by Crippen LogP contribution is 2.50. The summed E-state index contributed by atoms with van der Waals surface area (Å²) in [5.41, 5.74) is 2.71. The third kappa shape index (κ3) is 15.2. The number of carbonyl (C=O) groups is 3. The lowest BCUT2D eigenvalue weighted by Gasteiger charge is -2.18. The van der Waals surface area contributed by atoms with Gasteiger partial charge in [0.2, 0.25) is 0 Å². The van der Waals surface area contributed by atoms with Gasteiger partial charge in [-0.25, -0.2) is 18.9 Å². The summed E-state index contributed by atoms with van der Waals surface area (Å²) >= 11 is 0. The smallest absolute Gasteiger partial charge is 0.462 e. The topological polar surface area (TPSA) is 124 Å². The van der Waals surface area contributed by atoms with Crippen LogP contribution in [0.5, 0.6) is 11.5 Å². The first-order valence-corrected chi connectivity index (χ1v) is 18.5. The molecule has 3 aromatic carbocycles. The van der Waals surface area contributed by atoms with Gasteiger partial charge in [-0.15, -0.1) is 0 Å². The van der Waals surface area contributed by atoms with E-state index in [0.717, 1.165) is 11.1 Å². The standard InChI is InChI=1S/C23H31O6P.C16H22O4/c1-16(2)15-23(24)26-29-30(25,27-21-11-7-19(8-12-21)17(3)4)28-22-13-9-20(10-14-22)18(5)6;1-11(2)9-19-15(17)13-7-5-6-8-14(13)16(18)20-10-12(3)4/h7-14,16-18H,15H2,1-6H3;5-8,11-12H,9-10H2,1-4H3. The first-order chi connectivity index (χ1) is 23.5. The fourth-order valence-corrected chi connectivity index (χ4v) is 5.10. The SMILES string of the molecule is CC(C)CC(=O)OOP(=O)(Oc1ccc(C(C)C)cc1)Oc1ccc(C(C)C)cc1.CC(C)COC(=O)c1ccccc1C(=O)OCC(C)C. The molecule has 0 fully saturated rings. The van der Waals surface area contributed by atoms with E-state index < -0.39 is 25.7 Å². The Bertz CT molecular complexity index is 1440. The molecule has 0 atom stereocenters. The Morgan fingerprint density at radius 3 is 1.26 bits per heavy atom. The van der Waals surface area contributed by atoms with Crippen molar-refractivity contribution in [3.63, 3.8) is 0 Å². The molecule has 50 heavy (non-hydrogen) atoms. The highest BCUT2D eigenvalue weighted by Gasteiger charge is 2.35. The number of esters is 2. The van der Waals surface area contributed by atoms with Gasteiger partial charge in [0.25, 0.3) is 0 Å². The molecule has 0 aliphatic rings. The first-order valence-electron chi connectivity index (χ1n) is 17.0. The van der Waals surface area contributed by atoms with Gasteiger partial charge in [-0.05, 0) is 77.1 Å². The van der Waals surface area contributed by atoms with E-state index in [1.807, 2.05) is 65.8 Å². The van der Waals surface area contributed by atoms with Gasteiger partial charge in [0.15, 0.2) is 0 Å². The number of phosphoric acid groups is 1. The van der Waals surface area contributed by atoms with Crippen molar-refractivity contribution < 1.29 is 47.0 Å². The molecule has 0 N–H and O–H groups in total. The summed E-state index contributed by atoms with van der Waals surface area (Å²) < 4.78 is 39.5. The highest BCUT2D eigenvalue weighted by atomic mass is 31.2. The molecule has 0 bridgehead atoms. The van der Waals surface area contributed by atoms with Crippen molar-refractivity contribution in [2.45, 2.75) is 87.5 Å². The maximum absolute atomic E-state index is 13.2. The van der Waals surface area contributed by atoms with Gasteiger partial charge in [0, 0.05) is 0 Å². The lowest BCUT2D eigenvalue weighted by molar-refractivity contribution is -0.221. The van der Waals surface area contributed by atoms with Crippen molar-refractivity contribution in [1.29, 1.82) is 0 Å². The molecule has 0 heterocycles. The third-order valence-corrected chi connectivity index (χ3v) is 7.91. The molecule has 0 saturated heterocycles. The summed E-state index contributed by atoms with van der Waals surface area (Å²) in [6.07, 6.45) is 0.117. The average Bonchev–Trinajstić information content (AvgIpc) is 3.05. The van der Waals surface area contributed by atoms with Crippen LogP contribution in [0.2, 0.25) is 0 Å². The fraction of sp³-hybridized carbons (Fsp3) is 0.462. The lowest BCUT2D eigenvalue weighted by Crippen LogP contribution is -2.17. The van der Waals surface area contributed by atoms with Crippen LogP contribution < -0.4 is 9.05 Å². The van der Waals surface area contributed by atoms with Crippen LogP contribution in [0.1, 0.15) is 119 Å². The zero-order chi connectivity index (χ0) is 37.4. The number of carbonyl (C=O) groups excluding carboxylic acids is 3. The average molecular weight is 713 g/mol. The van der Waals surface area contributed by atoms with E-state index in [1.54, 1.807) is 48.5 Å². The number of hydrogen-bond donors (Lipinski definition) is 0. The molecule has 3 aromatic rings. The maximum Gasteiger partial charge on any atom is 0.625 e. The molecule has 0 spiro atoms. The van der Waals surface area contributed by atoms with Crippen LogP contribution in [0.15, 0.2) is 72.8 Å². The van der Waals surface area contributed by atoms with Crippen LogP contribution in [0.3, 0.4) is 0 Å². The quantitative estimate of drug-likeness (QED) is 0.0613. The van der Waals surface area contributed by atoms with Crippen LogP contribution in [0, 0.1) is 17.8 Å². The van der Waals surface area contributed by atoms with Crippen molar-refractivity contribution >= 4 is 25.7 Å². The Kier molecular flexibility index (Phi) is 17.2. The molecule has 0 radical (unpaired) electrons. The molecule has 0 aliphatic carbocycles. The Labute approximate surface area is 297 Å². The Hall–Kier alpha value is -4.14. The van der Waals surface area contributed by atoms with Crippen LogP contribution >= 0.6 is 7.82 Å². The molecule has 0 aliphatic heterocycles. The summed E-state index contributed by atoms with van der Waals surface area (Å²) in [5, 5.41) is 0. The zero-order valence-electron chi connectivity index (χ0n) is 31.0. The van der Waals surface area contributed by atoms with Gasteiger partial charge < -0.3 is 18.5 Å². The van der Waals surface area contributed by atoms with Gasteiger partial charge in [-0.2, -0.15) is 0 Å². The molecule has 0 aromatic heterocycles. The van der Waals surface area contributed by atoms with Crippen molar-refractivity contribution in [1.82, 2.24) is 0 Å². The second kappa shape index (κ2) is 20.5. The van der Waals surface area contributed by atoms with Crippen LogP contribution in [-0.2, 0) is 28.4 Å². The van der Waals surface area contributed by atoms with Gasteiger partial charge in [0.1, 0.15) is 11.5 Å². The molecular weight excluding hydrogens is 659 g/mol. The van der Waals surface area contributed by atoms with E-state index in [2.05, 4.69) is 27.7 Å². The highest BCUT2D eigenvalue weighted by molar-refractivity contribution is 7.49. The van der Waals surface area contributed by atoms with Crippen LogP contribution in [0.25, 0.3) is 0 Å². The summed E-state index contributed by atoms with van der Waals surface area (Å²) in [7, 11) is -4.28. The largest absolute Gasteiger partial charge is 0.625 e. The number of benzene rings is 3. The Balaban J connectivity index is 0.000000377. The first kappa shape index (κ1) is 42.0. The minimum atomic E-state index is -4.28.